The highest BCUT2D eigenvalue weighted by atomic mass is 35.5. The van der Waals surface area contributed by atoms with Gasteiger partial charge in [0.05, 0.1) is 16.5 Å². The van der Waals surface area contributed by atoms with Gasteiger partial charge in [-0.05, 0) is 24.6 Å². The number of rotatable bonds is 4. The van der Waals surface area contributed by atoms with Crippen LogP contribution in [-0.4, -0.2) is 22.4 Å². The van der Waals surface area contributed by atoms with Gasteiger partial charge in [0.25, 0.3) is 5.69 Å². The number of nitro groups is 1. The van der Waals surface area contributed by atoms with Crippen molar-refractivity contribution in [2.24, 2.45) is 5.92 Å². The molecule has 8 heteroatoms. The van der Waals surface area contributed by atoms with Crippen LogP contribution < -0.4 is 5.32 Å². The number of hydrogen-bond acceptors (Lipinski definition) is 5. The quantitative estimate of drug-likeness (QED) is 0.376. The first kappa shape index (κ1) is 18.7. The molecule has 0 bridgehead atoms. The number of benzene rings is 2. The molecule has 1 aliphatic heterocycles. The molecule has 1 N–H and O–H groups in total. The van der Waals surface area contributed by atoms with Gasteiger partial charge >= 0.3 is 0 Å². The predicted molar refractivity (Wildman–Crippen MR) is 97.6 cm³/mol. The highest BCUT2D eigenvalue weighted by Crippen LogP contribution is 2.30. The summed E-state index contributed by atoms with van der Waals surface area (Å²) in [6, 6.07) is 10.3. The zero-order valence-corrected chi connectivity index (χ0v) is 15.0. The molecule has 138 valence electrons. The molecule has 1 saturated heterocycles. The third-order valence-electron chi connectivity index (χ3n) is 4.47. The lowest BCUT2D eigenvalue weighted by Crippen LogP contribution is -2.48. The van der Waals surface area contributed by atoms with E-state index in [9.17, 15) is 24.5 Å². The predicted octanol–water partition coefficient (Wildman–Crippen LogP) is 3.19. The highest BCUT2D eigenvalue weighted by Gasteiger charge is 2.42. The van der Waals surface area contributed by atoms with Crippen molar-refractivity contribution in [3.63, 3.8) is 0 Å². The van der Waals surface area contributed by atoms with E-state index in [1.807, 2.05) is 19.1 Å². The van der Waals surface area contributed by atoms with E-state index in [1.54, 1.807) is 12.1 Å². The van der Waals surface area contributed by atoms with E-state index >= 15 is 0 Å². The fourth-order valence-electron chi connectivity index (χ4n) is 3.06. The zero-order chi connectivity index (χ0) is 19.7. The third-order valence-corrected chi connectivity index (χ3v) is 4.70. The molecule has 0 saturated carbocycles. The molecule has 2 aromatic rings. The molecular weight excluding hydrogens is 372 g/mol. The van der Waals surface area contributed by atoms with Crippen molar-refractivity contribution in [3.05, 3.63) is 74.3 Å². The summed E-state index contributed by atoms with van der Waals surface area (Å²) in [7, 11) is 0. The van der Waals surface area contributed by atoms with E-state index in [0.29, 0.717) is 0 Å². The van der Waals surface area contributed by atoms with E-state index < -0.39 is 40.0 Å². The number of aryl methyl sites for hydroxylation is 1. The molecule has 1 aliphatic rings. The first-order valence-corrected chi connectivity index (χ1v) is 8.53. The Morgan fingerprint density at radius 1 is 1.19 bits per heavy atom. The van der Waals surface area contributed by atoms with Crippen LogP contribution in [0.3, 0.4) is 0 Å². The van der Waals surface area contributed by atoms with Gasteiger partial charge in [-0.2, -0.15) is 0 Å². The second kappa shape index (κ2) is 7.28. The number of halogens is 1. The maximum atomic E-state index is 12.7. The summed E-state index contributed by atoms with van der Waals surface area (Å²) in [6.45, 7) is 1.92. The van der Waals surface area contributed by atoms with Gasteiger partial charge in [-0.15, -0.1) is 0 Å². The summed E-state index contributed by atoms with van der Waals surface area (Å²) in [6.07, 6.45) is -0.0629. The number of amides is 1. The first-order valence-electron chi connectivity index (χ1n) is 8.15. The van der Waals surface area contributed by atoms with Crippen LogP contribution in [0, 0.1) is 23.0 Å². The van der Waals surface area contributed by atoms with Gasteiger partial charge in [0.2, 0.25) is 5.91 Å². The molecule has 0 spiro atoms. The fraction of sp³-hybridized carbons (Fsp3) is 0.211. The van der Waals surface area contributed by atoms with Crippen LogP contribution in [0.4, 0.5) is 5.69 Å². The molecule has 2 atom stereocenters. The number of carbonyl (C=O) groups excluding carboxylic acids is 3. The Morgan fingerprint density at radius 2 is 1.85 bits per heavy atom. The molecule has 1 amide bonds. The number of nitrogens with one attached hydrogen (secondary N) is 1. The molecule has 2 unspecified atom stereocenters. The topological polar surface area (TPSA) is 106 Å². The Hall–Kier alpha value is -3.06. The minimum absolute atomic E-state index is 0.0629. The number of Topliss-reactive ketones (excluding diaryl/α,β-unsaturated/α-hetero) is 2. The number of nitrogens with zero attached hydrogens (tertiary/aromatic N) is 1. The summed E-state index contributed by atoms with van der Waals surface area (Å²) < 4.78 is 0. The van der Waals surface area contributed by atoms with Crippen molar-refractivity contribution in [2.75, 3.05) is 0 Å². The smallest absolute Gasteiger partial charge is 0.281 e. The summed E-state index contributed by atoms with van der Waals surface area (Å²) in [5.74, 6) is -3.83. The van der Waals surface area contributed by atoms with Crippen LogP contribution in [-0.2, 0) is 9.59 Å². The standard InChI is InChI=1S/C19H15ClN2O5/c1-10-2-4-11(5-3-10)14-9-16(23)17(19(25)21-14)18(24)13-7-6-12(20)8-15(13)22(26)27/h2-8,14,17H,9H2,1H3,(H,21,25). The average Bonchev–Trinajstić information content (AvgIpc) is 2.61. The maximum Gasteiger partial charge on any atom is 0.281 e. The van der Waals surface area contributed by atoms with Crippen molar-refractivity contribution < 1.29 is 19.3 Å². The Balaban J connectivity index is 1.88. The summed E-state index contributed by atoms with van der Waals surface area (Å²) in [5, 5.41) is 13.9. The van der Waals surface area contributed by atoms with Crippen molar-refractivity contribution in [1.29, 1.82) is 0 Å². The maximum absolute atomic E-state index is 12.7. The van der Waals surface area contributed by atoms with Crippen LogP contribution in [0.25, 0.3) is 0 Å². The molecule has 0 aliphatic carbocycles. The van der Waals surface area contributed by atoms with Gasteiger partial charge in [0.15, 0.2) is 17.5 Å². The molecule has 7 nitrogen and oxygen atoms in total. The number of carbonyl (C=O) groups is 3. The minimum atomic E-state index is -1.61. The first-order chi connectivity index (χ1) is 12.8. The highest BCUT2D eigenvalue weighted by molar-refractivity contribution is 6.31. The summed E-state index contributed by atoms with van der Waals surface area (Å²) in [4.78, 5) is 48.2. The van der Waals surface area contributed by atoms with Crippen LogP contribution in [0.15, 0.2) is 42.5 Å². The Kier molecular flexibility index (Phi) is 5.05. The van der Waals surface area contributed by atoms with Crippen molar-refractivity contribution in [2.45, 2.75) is 19.4 Å². The number of ketones is 2. The van der Waals surface area contributed by atoms with Crippen molar-refractivity contribution >= 4 is 34.8 Å². The third kappa shape index (κ3) is 3.73. The lowest BCUT2D eigenvalue weighted by Gasteiger charge is -2.27. The second-order valence-corrected chi connectivity index (χ2v) is 6.79. The zero-order valence-electron chi connectivity index (χ0n) is 14.3. The monoisotopic (exact) mass is 386 g/mol. The van der Waals surface area contributed by atoms with Crippen LogP contribution in [0.1, 0.15) is 33.9 Å². The molecule has 27 heavy (non-hydrogen) atoms. The van der Waals surface area contributed by atoms with E-state index in [-0.39, 0.29) is 17.0 Å². The molecule has 1 fully saturated rings. The molecule has 2 aromatic carbocycles. The number of hydrogen-bond donors (Lipinski definition) is 1. The molecular formula is C19H15ClN2O5. The van der Waals surface area contributed by atoms with Crippen LogP contribution in [0.2, 0.25) is 5.02 Å². The molecule has 1 heterocycles. The second-order valence-electron chi connectivity index (χ2n) is 6.36. The van der Waals surface area contributed by atoms with Gasteiger partial charge in [0.1, 0.15) is 0 Å². The molecule has 0 radical (unpaired) electrons. The summed E-state index contributed by atoms with van der Waals surface area (Å²) >= 11 is 5.74. The lowest BCUT2D eigenvalue weighted by atomic mass is 9.84. The summed E-state index contributed by atoms with van der Waals surface area (Å²) in [5.41, 5.74) is 0.946. The molecule has 3 rings (SSSR count). The van der Waals surface area contributed by atoms with E-state index in [2.05, 4.69) is 5.32 Å². The number of piperidine rings is 1. The van der Waals surface area contributed by atoms with Gasteiger partial charge in [-0.25, -0.2) is 0 Å². The van der Waals surface area contributed by atoms with Gasteiger partial charge in [0, 0.05) is 17.5 Å². The number of nitro benzene ring substituents is 1. The Morgan fingerprint density at radius 3 is 2.44 bits per heavy atom. The fourth-order valence-corrected chi connectivity index (χ4v) is 3.22. The lowest BCUT2D eigenvalue weighted by molar-refractivity contribution is -0.385. The largest absolute Gasteiger partial charge is 0.348 e. The van der Waals surface area contributed by atoms with E-state index in [1.165, 1.54) is 6.07 Å². The van der Waals surface area contributed by atoms with Gasteiger partial charge in [-0.1, -0.05) is 41.4 Å². The molecule has 0 aromatic heterocycles. The van der Waals surface area contributed by atoms with Crippen LogP contribution >= 0.6 is 11.6 Å². The normalized spacial score (nSPS) is 19.5. The SMILES string of the molecule is Cc1ccc(C2CC(=O)C(C(=O)c3ccc(Cl)cc3[N+](=O)[O-])C(=O)N2)cc1. The average molecular weight is 387 g/mol. The Bertz CT molecular complexity index is 937. The minimum Gasteiger partial charge on any atom is -0.348 e. The van der Waals surface area contributed by atoms with Crippen molar-refractivity contribution in [3.8, 4) is 0 Å². The van der Waals surface area contributed by atoms with Crippen molar-refractivity contribution in [1.82, 2.24) is 5.32 Å². The van der Waals surface area contributed by atoms with Gasteiger partial charge < -0.3 is 5.32 Å². The van der Waals surface area contributed by atoms with Gasteiger partial charge in [-0.3, -0.25) is 24.5 Å². The Labute approximate surface area is 159 Å². The van der Waals surface area contributed by atoms with E-state index in [4.69, 9.17) is 11.6 Å². The van der Waals surface area contributed by atoms with Crippen LogP contribution in [0.5, 0.6) is 0 Å². The van der Waals surface area contributed by atoms with E-state index in [0.717, 1.165) is 23.3 Å².